The Morgan fingerprint density at radius 3 is 2.52 bits per heavy atom. The topological polar surface area (TPSA) is 32.8 Å². The number of carbonyl (C=O) groups excluding carboxylic acids is 1. The lowest BCUT2D eigenvalue weighted by molar-refractivity contribution is 0.0718. The van der Waals surface area contributed by atoms with Crippen molar-refractivity contribution in [1.82, 2.24) is 9.80 Å². The van der Waals surface area contributed by atoms with Crippen LogP contribution in [0.5, 0.6) is 0 Å². The molecule has 0 bridgehead atoms. The van der Waals surface area contributed by atoms with Crippen molar-refractivity contribution < 1.29 is 9.53 Å². The van der Waals surface area contributed by atoms with E-state index in [-0.39, 0.29) is 6.09 Å². The van der Waals surface area contributed by atoms with Crippen molar-refractivity contribution in [2.24, 2.45) is 0 Å². The van der Waals surface area contributed by atoms with E-state index in [4.69, 9.17) is 4.74 Å². The van der Waals surface area contributed by atoms with Crippen LogP contribution in [0.25, 0.3) is 0 Å². The van der Waals surface area contributed by atoms with E-state index in [1.54, 1.807) is 0 Å². The molecule has 1 aromatic carbocycles. The third-order valence-electron chi connectivity index (χ3n) is 4.53. The first-order valence-corrected chi connectivity index (χ1v) is 8.94. The summed E-state index contributed by atoms with van der Waals surface area (Å²) in [6, 6.07) is 11.2. The van der Waals surface area contributed by atoms with E-state index in [1.807, 2.05) is 11.8 Å². The predicted octanol–water partition coefficient (Wildman–Crippen LogP) is 3.91. The van der Waals surface area contributed by atoms with Crippen molar-refractivity contribution >= 4 is 6.09 Å². The van der Waals surface area contributed by atoms with Gasteiger partial charge in [-0.25, -0.2) is 4.79 Å². The van der Waals surface area contributed by atoms with Gasteiger partial charge in [0.05, 0.1) is 6.61 Å². The fourth-order valence-electron chi connectivity index (χ4n) is 3.20. The SMILES string of the molecule is CCCCN(Cc1ccccc1)C1CCN(C(=O)OCC)CC1. The highest BCUT2D eigenvalue weighted by Gasteiger charge is 2.27. The molecule has 4 nitrogen and oxygen atoms in total. The lowest BCUT2D eigenvalue weighted by atomic mass is 10.0. The molecule has 0 N–H and O–H groups in total. The highest BCUT2D eigenvalue weighted by molar-refractivity contribution is 5.67. The summed E-state index contributed by atoms with van der Waals surface area (Å²) < 4.78 is 5.11. The van der Waals surface area contributed by atoms with Crippen LogP contribution in [0.1, 0.15) is 45.1 Å². The number of carbonyl (C=O) groups is 1. The molecule has 0 unspecified atom stereocenters. The summed E-state index contributed by atoms with van der Waals surface area (Å²) in [6.45, 7) is 8.30. The molecule has 0 radical (unpaired) electrons. The van der Waals surface area contributed by atoms with E-state index in [9.17, 15) is 4.79 Å². The Hall–Kier alpha value is -1.55. The lowest BCUT2D eigenvalue weighted by Gasteiger charge is -2.38. The highest BCUT2D eigenvalue weighted by Crippen LogP contribution is 2.20. The zero-order valence-electron chi connectivity index (χ0n) is 14.5. The van der Waals surface area contributed by atoms with Crippen LogP contribution in [-0.2, 0) is 11.3 Å². The van der Waals surface area contributed by atoms with Crippen LogP contribution in [-0.4, -0.2) is 48.2 Å². The summed E-state index contributed by atoms with van der Waals surface area (Å²) in [6.07, 6.45) is 4.36. The Morgan fingerprint density at radius 2 is 1.91 bits per heavy atom. The molecule has 1 aromatic rings. The van der Waals surface area contributed by atoms with E-state index in [2.05, 4.69) is 42.2 Å². The van der Waals surface area contributed by atoms with Crippen molar-refractivity contribution in [2.75, 3.05) is 26.2 Å². The van der Waals surface area contributed by atoms with Gasteiger partial charge in [-0.15, -0.1) is 0 Å². The van der Waals surface area contributed by atoms with Gasteiger partial charge in [0, 0.05) is 25.7 Å². The molecule has 128 valence electrons. The molecule has 0 aliphatic carbocycles. The Bertz CT molecular complexity index is 456. The van der Waals surface area contributed by atoms with Crippen LogP contribution in [0.2, 0.25) is 0 Å². The Kier molecular flexibility index (Phi) is 7.40. The van der Waals surface area contributed by atoms with E-state index in [0.29, 0.717) is 12.6 Å². The number of unbranched alkanes of at least 4 members (excludes halogenated alkanes) is 1. The van der Waals surface area contributed by atoms with Crippen molar-refractivity contribution in [3.8, 4) is 0 Å². The van der Waals surface area contributed by atoms with Gasteiger partial charge >= 0.3 is 6.09 Å². The van der Waals surface area contributed by atoms with Crippen LogP contribution in [0.4, 0.5) is 4.79 Å². The fourth-order valence-corrected chi connectivity index (χ4v) is 3.20. The van der Waals surface area contributed by atoms with E-state index >= 15 is 0 Å². The predicted molar refractivity (Wildman–Crippen MR) is 93.4 cm³/mol. The number of amides is 1. The Balaban J connectivity index is 1.91. The minimum atomic E-state index is -0.158. The van der Waals surface area contributed by atoms with Gasteiger partial charge in [0.1, 0.15) is 0 Å². The molecule has 4 heteroatoms. The molecule has 0 spiro atoms. The maximum absolute atomic E-state index is 11.8. The van der Waals surface area contributed by atoms with Crippen LogP contribution in [0.15, 0.2) is 30.3 Å². The second-order valence-electron chi connectivity index (χ2n) is 6.23. The lowest BCUT2D eigenvalue weighted by Crippen LogP contribution is -2.47. The number of likely N-dealkylation sites (tertiary alicyclic amines) is 1. The fraction of sp³-hybridized carbons (Fsp3) is 0.632. The minimum absolute atomic E-state index is 0.158. The molecule has 0 aromatic heterocycles. The van der Waals surface area contributed by atoms with Gasteiger partial charge in [-0.05, 0) is 38.3 Å². The first-order chi connectivity index (χ1) is 11.2. The van der Waals surface area contributed by atoms with E-state index < -0.39 is 0 Å². The molecule has 2 rings (SSSR count). The number of rotatable bonds is 7. The molecule has 23 heavy (non-hydrogen) atoms. The molecular weight excluding hydrogens is 288 g/mol. The van der Waals surface area contributed by atoms with Crippen LogP contribution in [0, 0.1) is 0 Å². The summed E-state index contributed by atoms with van der Waals surface area (Å²) in [5.74, 6) is 0. The average molecular weight is 318 g/mol. The zero-order chi connectivity index (χ0) is 16.5. The molecule has 0 atom stereocenters. The van der Waals surface area contributed by atoms with Gasteiger partial charge in [-0.1, -0.05) is 43.7 Å². The van der Waals surface area contributed by atoms with Gasteiger partial charge in [0.2, 0.25) is 0 Å². The molecule has 0 saturated carbocycles. The minimum Gasteiger partial charge on any atom is -0.450 e. The summed E-state index contributed by atoms with van der Waals surface area (Å²) in [4.78, 5) is 16.3. The van der Waals surface area contributed by atoms with Gasteiger partial charge in [-0.3, -0.25) is 4.90 Å². The van der Waals surface area contributed by atoms with Crippen molar-refractivity contribution in [1.29, 1.82) is 0 Å². The van der Waals surface area contributed by atoms with Gasteiger partial charge in [0.15, 0.2) is 0 Å². The molecular formula is C19H30N2O2. The van der Waals surface area contributed by atoms with Crippen molar-refractivity contribution in [3.63, 3.8) is 0 Å². The van der Waals surface area contributed by atoms with E-state index in [1.165, 1.54) is 18.4 Å². The van der Waals surface area contributed by atoms with Crippen molar-refractivity contribution in [3.05, 3.63) is 35.9 Å². The summed E-state index contributed by atoms with van der Waals surface area (Å²) in [5.41, 5.74) is 1.37. The normalized spacial score (nSPS) is 15.9. The zero-order valence-corrected chi connectivity index (χ0v) is 14.5. The molecule has 1 aliphatic heterocycles. The summed E-state index contributed by atoms with van der Waals surface area (Å²) in [7, 11) is 0. The second-order valence-corrected chi connectivity index (χ2v) is 6.23. The number of benzene rings is 1. The number of piperidine rings is 1. The van der Waals surface area contributed by atoms with Crippen LogP contribution >= 0.6 is 0 Å². The van der Waals surface area contributed by atoms with Gasteiger partial charge < -0.3 is 9.64 Å². The highest BCUT2D eigenvalue weighted by atomic mass is 16.6. The third-order valence-corrected chi connectivity index (χ3v) is 4.53. The molecule has 1 saturated heterocycles. The van der Waals surface area contributed by atoms with Gasteiger partial charge in [0.25, 0.3) is 0 Å². The third kappa shape index (κ3) is 5.54. The molecule has 1 amide bonds. The standard InChI is InChI=1S/C19H30N2O2/c1-3-5-13-21(16-17-9-7-6-8-10-17)18-11-14-20(15-12-18)19(22)23-4-2/h6-10,18H,3-5,11-16H2,1-2H3. The largest absolute Gasteiger partial charge is 0.450 e. The second kappa shape index (κ2) is 9.56. The number of hydrogen-bond acceptors (Lipinski definition) is 3. The summed E-state index contributed by atoms with van der Waals surface area (Å²) >= 11 is 0. The first kappa shape index (κ1) is 17.8. The number of ether oxygens (including phenoxy) is 1. The summed E-state index contributed by atoms with van der Waals surface area (Å²) in [5, 5.41) is 0. The van der Waals surface area contributed by atoms with E-state index in [0.717, 1.165) is 39.0 Å². The number of nitrogens with zero attached hydrogens (tertiary/aromatic N) is 2. The van der Waals surface area contributed by atoms with Gasteiger partial charge in [-0.2, -0.15) is 0 Å². The first-order valence-electron chi connectivity index (χ1n) is 8.94. The number of hydrogen-bond donors (Lipinski definition) is 0. The van der Waals surface area contributed by atoms with Crippen LogP contribution < -0.4 is 0 Å². The Labute approximate surface area is 140 Å². The maximum atomic E-state index is 11.8. The molecule has 1 heterocycles. The maximum Gasteiger partial charge on any atom is 0.409 e. The smallest absolute Gasteiger partial charge is 0.409 e. The average Bonchev–Trinajstić information content (AvgIpc) is 2.60. The quantitative estimate of drug-likeness (QED) is 0.764. The molecule has 1 fully saturated rings. The Morgan fingerprint density at radius 1 is 1.22 bits per heavy atom. The van der Waals surface area contributed by atoms with Crippen molar-refractivity contribution in [2.45, 2.75) is 52.1 Å². The molecule has 1 aliphatic rings. The monoisotopic (exact) mass is 318 g/mol. The van der Waals surface area contributed by atoms with Crippen LogP contribution in [0.3, 0.4) is 0 Å².